The van der Waals surface area contributed by atoms with E-state index in [9.17, 15) is 0 Å². The molecule has 0 aromatic heterocycles. The van der Waals surface area contributed by atoms with E-state index in [1.165, 1.54) is 89.9 Å². The summed E-state index contributed by atoms with van der Waals surface area (Å²) in [6.07, 6.45) is 27.4. The van der Waals surface area contributed by atoms with Crippen LogP contribution in [0, 0.1) is 0 Å². The Hall–Kier alpha value is -0.960. The first-order chi connectivity index (χ1) is 13.7. The fourth-order valence-corrected chi connectivity index (χ4v) is 3.51. The minimum atomic E-state index is -0.0334. The van der Waals surface area contributed by atoms with Crippen molar-refractivity contribution in [1.82, 2.24) is 4.90 Å². The molecule has 0 spiro atoms. The summed E-state index contributed by atoms with van der Waals surface area (Å²) in [6.45, 7) is 3.29. The molecule has 0 bridgehead atoms. The SMILES string of the molecule is CCCCCCCC/C=C\CCCCCCCCC1OC=C(CCN(C)C)O1. The van der Waals surface area contributed by atoms with Crippen LogP contribution in [0.15, 0.2) is 24.2 Å². The van der Waals surface area contributed by atoms with Crippen LogP contribution in [0.4, 0.5) is 0 Å². The van der Waals surface area contributed by atoms with Gasteiger partial charge in [0.05, 0.1) is 0 Å². The van der Waals surface area contributed by atoms with Gasteiger partial charge in [-0.2, -0.15) is 0 Å². The van der Waals surface area contributed by atoms with E-state index in [2.05, 4.69) is 38.1 Å². The fraction of sp³-hybridized carbons (Fsp3) is 0.840. The third-order valence-corrected chi connectivity index (χ3v) is 5.39. The topological polar surface area (TPSA) is 21.7 Å². The van der Waals surface area contributed by atoms with Crippen molar-refractivity contribution in [3.63, 3.8) is 0 Å². The molecule has 1 aliphatic heterocycles. The Morgan fingerprint density at radius 1 is 0.821 bits per heavy atom. The first kappa shape index (κ1) is 25.1. The minimum Gasteiger partial charge on any atom is -0.459 e. The van der Waals surface area contributed by atoms with Crippen LogP contribution < -0.4 is 0 Å². The van der Waals surface area contributed by atoms with Gasteiger partial charge < -0.3 is 14.4 Å². The molecular weight excluding hydrogens is 346 g/mol. The molecule has 3 nitrogen and oxygen atoms in total. The number of rotatable bonds is 19. The van der Waals surface area contributed by atoms with E-state index < -0.39 is 0 Å². The van der Waals surface area contributed by atoms with Gasteiger partial charge in [-0.25, -0.2) is 0 Å². The molecule has 28 heavy (non-hydrogen) atoms. The fourth-order valence-electron chi connectivity index (χ4n) is 3.51. The number of ether oxygens (including phenoxy) is 2. The van der Waals surface area contributed by atoms with Gasteiger partial charge in [-0.1, -0.05) is 76.9 Å². The summed E-state index contributed by atoms with van der Waals surface area (Å²) in [5.74, 6) is 1.00. The van der Waals surface area contributed by atoms with Crippen molar-refractivity contribution in [1.29, 1.82) is 0 Å². The molecule has 3 heteroatoms. The van der Waals surface area contributed by atoms with E-state index in [0.29, 0.717) is 0 Å². The van der Waals surface area contributed by atoms with Crippen molar-refractivity contribution in [2.24, 2.45) is 0 Å². The lowest BCUT2D eigenvalue weighted by Gasteiger charge is -2.13. The number of hydrogen-bond acceptors (Lipinski definition) is 3. The molecule has 0 aromatic carbocycles. The Morgan fingerprint density at radius 2 is 1.39 bits per heavy atom. The first-order valence-corrected chi connectivity index (χ1v) is 12.0. The van der Waals surface area contributed by atoms with Crippen molar-refractivity contribution < 1.29 is 9.47 Å². The molecule has 0 saturated heterocycles. The van der Waals surface area contributed by atoms with Crippen LogP contribution >= 0.6 is 0 Å². The lowest BCUT2D eigenvalue weighted by molar-refractivity contribution is -0.0401. The number of nitrogens with zero attached hydrogens (tertiary/aromatic N) is 1. The van der Waals surface area contributed by atoms with Gasteiger partial charge in [0.1, 0.15) is 12.0 Å². The van der Waals surface area contributed by atoms with Crippen LogP contribution in [0.2, 0.25) is 0 Å². The molecule has 0 aliphatic carbocycles. The Balaban J connectivity index is 1.78. The Labute approximate surface area is 175 Å². The van der Waals surface area contributed by atoms with Gasteiger partial charge in [-0.05, 0) is 46.2 Å². The molecule has 1 heterocycles. The molecule has 0 fully saturated rings. The number of allylic oxidation sites excluding steroid dienone is 2. The zero-order valence-corrected chi connectivity index (χ0v) is 19.1. The third kappa shape index (κ3) is 15.0. The van der Waals surface area contributed by atoms with Gasteiger partial charge in [0.25, 0.3) is 0 Å². The normalized spacial score (nSPS) is 16.6. The zero-order valence-electron chi connectivity index (χ0n) is 19.1. The second kappa shape index (κ2) is 18.1. The molecule has 1 rings (SSSR count). The average Bonchev–Trinajstić information content (AvgIpc) is 3.14. The summed E-state index contributed by atoms with van der Waals surface area (Å²) in [4.78, 5) is 2.17. The molecular formula is C25H47NO2. The van der Waals surface area contributed by atoms with E-state index >= 15 is 0 Å². The maximum Gasteiger partial charge on any atom is 0.240 e. The van der Waals surface area contributed by atoms with Gasteiger partial charge in [-0.3, -0.25) is 0 Å². The number of hydrogen-bond donors (Lipinski definition) is 0. The van der Waals surface area contributed by atoms with Crippen molar-refractivity contribution in [3.8, 4) is 0 Å². The van der Waals surface area contributed by atoms with Crippen LogP contribution in [0.25, 0.3) is 0 Å². The van der Waals surface area contributed by atoms with Crippen molar-refractivity contribution in [2.45, 2.75) is 116 Å². The van der Waals surface area contributed by atoms with E-state index in [0.717, 1.165) is 25.1 Å². The first-order valence-electron chi connectivity index (χ1n) is 12.0. The van der Waals surface area contributed by atoms with Crippen LogP contribution in [-0.4, -0.2) is 31.8 Å². The lowest BCUT2D eigenvalue weighted by Crippen LogP contribution is -2.14. The van der Waals surface area contributed by atoms with E-state index in [4.69, 9.17) is 9.47 Å². The zero-order chi connectivity index (χ0) is 20.3. The predicted molar refractivity (Wildman–Crippen MR) is 121 cm³/mol. The standard InChI is InChI=1S/C25H47NO2/c1-4-5-6-7-8-9-10-11-12-13-14-15-16-17-18-19-20-25-27-23-24(28-25)21-22-26(2)3/h11-12,23,25H,4-10,13-22H2,1-3H3/b12-11-. The van der Waals surface area contributed by atoms with Crippen LogP contribution in [0.1, 0.15) is 110 Å². The molecule has 1 aliphatic rings. The maximum absolute atomic E-state index is 5.84. The third-order valence-electron chi connectivity index (χ3n) is 5.39. The highest BCUT2D eigenvalue weighted by Gasteiger charge is 2.18. The second-order valence-electron chi connectivity index (χ2n) is 8.55. The predicted octanol–water partition coefficient (Wildman–Crippen LogP) is 7.58. The maximum atomic E-state index is 5.84. The van der Waals surface area contributed by atoms with Crippen LogP contribution in [-0.2, 0) is 9.47 Å². The summed E-state index contributed by atoms with van der Waals surface area (Å²) < 4.78 is 11.5. The van der Waals surface area contributed by atoms with Gasteiger partial charge in [0.15, 0.2) is 0 Å². The van der Waals surface area contributed by atoms with E-state index in [1.807, 2.05) is 6.26 Å². The van der Waals surface area contributed by atoms with Crippen molar-refractivity contribution in [3.05, 3.63) is 24.2 Å². The molecule has 1 atom stereocenters. The monoisotopic (exact) mass is 393 g/mol. The molecule has 0 aromatic rings. The molecule has 164 valence electrons. The van der Waals surface area contributed by atoms with Gasteiger partial charge in [0, 0.05) is 19.4 Å². The second-order valence-corrected chi connectivity index (χ2v) is 8.55. The molecule has 0 amide bonds. The average molecular weight is 394 g/mol. The molecule has 0 radical (unpaired) electrons. The smallest absolute Gasteiger partial charge is 0.240 e. The van der Waals surface area contributed by atoms with Crippen LogP contribution in [0.3, 0.4) is 0 Å². The quantitative estimate of drug-likeness (QED) is 0.167. The summed E-state index contributed by atoms with van der Waals surface area (Å²) in [6, 6.07) is 0. The summed E-state index contributed by atoms with van der Waals surface area (Å²) in [5.41, 5.74) is 0. The summed E-state index contributed by atoms with van der Waals surface area (Å²) >= 11 is 0. The lowest BCUT2D eigenvalue weighted by atomic mass is 10.1. The van der Waals surface area contributed by atoms with E-state index in [-0.39, 0.29) is 6.29 Å². The number of unbranched alkanes of at least 4 members (excludes halogenated alkanes) is 12. The van der Waals surface area contributed by atoms with Gasteiger partial charge in [-0.15, -0.1) is 0 Å². The van der Waals surface area contributed by atoms with Crippen molar-refractivity contribution >= 4 is 0 Å². The molecule has 0 saturated carbocycles. The highest BCUT2D eigenvalue weighted by molar-refractivity contribution is 4.93. The van der Waals surface area contributed by atoms with Gasteiger partial charge >= 0.3 is 0 Å². The minimum absolute atomic E-state index is 0.0334. The Bertz CT molecular complexity index is 403. The van der Waals surface area contributed by atoms with Crippen LogP contribution in [0.5, 0.6) is 0 Å². The highest BCUT2D eigenvalue weighted by atomic mass is 16.7. The summed E-state index contributed by atoms with van der Waals surface area (Å²) in [5, 5.41) is 0. The molecule has 1 unspecified atom stereocenters. The Kier molecular flexibility index (Phi) is 16.2. The summed E-state index contributed by atoms with van der Waals surface area (Å²) in [7, 11) is 4.17. The Morgan fingerprint density at radius 3 is 2.00 bits per heavy atom. The van der Waals surface area contributed by atoms with Gasteiger partial charge in [0.2, 0.25) is 6.29 Å². The van der Waals surface area contributed by atoms with E-state index in [1.54, 1.807) is 0 Å². The largest absolute Gasteiger partial charge is 0.459 e. The van der Waals surface area contributed by atoms with Crippen molar-refractivity contribution in [2.75, 3.05) is 20.6 Å². The highest BCUT2D eigenvalue weighted by Crippen LogP contribution is 2.22. The molecule has 0 N–H and O–H groups in total.